The molecule has 0 aliphatic carbocycles. The van der Waals surface area contributed by atoms with Gasteiger partial charge in [-0.3, -0.25) is 14.5 Å². The monoisotopic (exact) mass is 385 g/mol. The van der Waals surface area contributed by atoms with Gasteiger partial charge in [-0.25, -0.2) is 4.79 Å². The predicted octanol–water partition coefficient (Wildman–Crippen LogP) is 2.63. The molecule has 2 N–H and O–H groups in total. The number of rotatable bonds is 5. The third-order valence-electron chi connectivity index (χ3n) is 4.74. The van der Waals surface area contributed by atoms with Crippen LogP contribution in [0.15, 0.2) is 24.3 Å². The molecule has 4 amide bonds. The Morgan fingerprint density at radius 2 is 1.81 bits per heavy atom. The molecule has 2 rings (SSSR count). The summed E-state index contributed by atoms with van der Waals surface area (Å²) in [6.07, 6.45) is -4.69. The van der Waals surface area contributed by atoms with Crippen molar-refractivity contribution in [1.29, 1.82) is 0 Å². The fourth-order valence-corrected chi connectivity index (χ4v) is 2.80. The van der Waals surface area contributed by atoms with Gasteiger partial charge in [0, 0.05) is 6.04 Å². The summed E-state index contributed by atoms with van der Waals surface area (Å²) in [4.78, 5) is 37.7. The summed E-state index contributed by atoms with van der Waals surface area (Å²) in [5.41, 5.74) is -3.29. The van der Waals surface area contributed by atoms with E-state index in [0.29, 0.717) is 4.90 Å². The summed E-state index contributed by atoms with van der Waals surface area (Å²) >= 11 is 0. The van der Waals surface area contributed by atoms with Crippen LogP contribution in [-0.4, -0.2) is 35.3 Å². The van der Waals surface area contributed by atoms with Gasteiger partial charge in [0.2, 0.25) is 5.91 Å². The van der Waals surface area contributed by atoms with Gasteiger partial charge in [-0.05, 0) is 31.4 Å². The number of hydrogen-bond donors (Lipinski definition) is 2. The number of carbonyl (C=O) groups excluding carboxylic acids is 3. The molecule has 6 nitrogen and oxygen atoms in total. The summed E-state index contributed by atoms with van der Waals surface area (Å²) in [6.45, 7) is 6.20. The zero-order valence-corrected chi connectivity index (χ0v) is 15.5. The van der Waals surface area contributed by atoms with Gasteiger partial charge in [0.15, 0.2) is 0 Å². The molecule has 1 heterocycles. The molecule has 1 saturated heterocycles. The van der Waals surface area contributed by atoms with Crippen LogP contribution in [0, 0.1) is 5.92 Å². The van der Waals surface area contributed by atoms with Crippen LogP contribution in [0.5, 0.6) is 0 Å². The van der Waals surface area contributed by atoms with Crippen LogP contribution in [0.2, 0.25) is 0 Å². The molecule has 1 fully saturated rings. The Hall–Kier alpha value is -2.58. The van der Waals surface area contributed by atoms with E-state index in [4.69, 9.17) is 0 Å². The zero-order chi connectivity index (χ0) is 20.6. The maximum absolute atomic E-state index is 13.3. The normalized spacial score (nSPS) is 21.4. The van der Waals surface area contributed by atoms with Gasteiger partial charge in [-0.1, -0.05) is 32.0 Å². The van der Waals surface area contributed by atoms with Gasteiger partial charge in [0.05, 0.1) is 5.56 Å². The Kier molecular flexibility index (Phi) is 5.53. The number of benzene rings is 1. The van der Waals surface area contributed by atoms with E-state index >= 15 is 0 Å². The molecule has 9 heteroatoms. The topological polar surface area (TPSA) is 78.5 Å². The largest absolute Gasteiger partial charge is 0.416 e. The lowest BCUT2D eigenvalue weighted by Crippen LogP contribution is -2.46. The molecule has 1 aromatic rings. The first-order valence-electron chi connectivity index (χ1n) is 8.48. The van der Waals surface area contributed by atoms with Gasteiger partial charge in [-0.2, -0.15) is 13.2 Å². The van der Waals surface area contributed by atoms with Gasteiger partial charge in [0.1, 0.15) is 12.1 Å². The molecule has 1 aliphatic rings. The molecular weight excluding hydrogens is 363 g/mol. The standard InChI is InChI=1S/C18H22F3N3O3/c1-10(2)11(3)22-14(25)9-24-15(26)17(4,23-16(24)27)12-7-5-6-8-13(12)18(19,20)21/h5-8,10-11H,9H2,1-4H3,(H,22,25)(H,23,27)/t11-,17-/m1/s1. The maximum Gasteiger partial charge on any atom is 0.416 e. The molecule has 0 aromatic heterocycles. The fourth-order valence-electron chi connectivity index (χ4n) is 2.80. The van der Waals surface area contributed by atoms with Crippen LogP contribution >= 0.6 is 0 Å². The number of imide groups is 1. The number of carbonyl (C=O) groups is 3. The third kappa shape index (κ3) is 4.06. The van der Waals surface area contributed by atoms with Crippen LogP contribution in [0.4, 0.5) is 18.0 Å². The quantitative estimate of drug-likeness (QED) is 0.765. The first kappa shape index (κ1) is 20.7. The molecule has 0 radical (unpaired) electrons. The van der Waals surface area contributed by atoms with Gasteiger partial charge in [0.25, 0.3) is 5.91 Å². The summed E-state index contributed by atoms with van der Waals surface area (Å²) < 4.78 is 40.0. The number of hydrogen-bond acceptors (Lipinski definition) is 3. The lowest BCUT2D eigenvalue weighted by Gasteiger charge is -2.26. The van der Waals surface area contributed by atoms with E-state index < -0.39 is 41.7 Å². The highest BCUT2D eigenvalue weighted by molar-refractivity contribution is 6.09. The van der Waals surface area contributed by atoms with E-state index in [2.05, 4.69) is 10.6 Å². The molecular formula is C18H22F3N3O3. The molecule has 27 heavy (non-hydrogen) atoms. The van der Waals surface area contributed by atoms with Gasteiger partial charge < -0.3 is 10.6 Å². The number of urea groups is 1. The summed E-state index contributed by atoms with van der Waals surface area (Å²) in [5.74, 6) is -1.33. The molecule has 0 bridgehead atoms. The second-order valence-corrected chi connectivity index (χ2v) is 7.09. The lowest BCUT2D eigenvalue weighted by atomic mass is 9.87. The highest BCUT2D eigenvalue weighted by Crippen LogP contribution is 2.39. The van der Waals surface area contributed by atoms with Crippen LogP contribution in [0.1, 0.15) is 38.8 Å². The van der Waals surface area contributed by atoms with Gasteiger partial charge >= 0.3 is 12.2 Å². The molecule has 0 spiro atoms. The highest BCUT2D eigenvalue weighted by atomic mass is 19.4. The van der Waals surface area contributed by atoms with Crippen molar-refractivity contribution < 1.29 is 27.6 Å². The Bertz CT molecular complexity index is 764. The van der Waals surface area contributed by atoms with Crippen molar-refractivity contribution in [3.63, 3.8) is 0 Å². The van der Waals surface area contributed by atoms with E-state index in [9.17, 15) is 27.6 Å². The van der Waals surface area contributed by atoms with Crippen molar-refractivity contribution in [2.24, 2.45) is 5.92 Å². The molecule has 148 valence electrons. The maximum atomic E-state index is 13.3. The van der Waals surface area contributed by atoms with Crippen LogP contribution in [0.3, 0.4) is 0 Å². The van der Waals surface area contributed by atoms with Crippen LogP contribution in [0.25, 0.3) is 0 Å². The van der Waals surface area contributed by atoms with Crippen molar-refractivity contribution in [2.75, 3.05) is 6.54 Å². The highest BCUT2D eigenvalue weighted by Gasteiger charge is 2.52. The van der Waals surface area contributed by atoms with E-state index in [1.807, 2.05) is 13.8 Å². The number of alkyl halides is 3. The lowest BCUT2D eigenvalue weighted by molar-refractivity contribution is -0.140. The van der Waals surface area contributed by atoms with Gasteiger partial charge in [-0.15, -0.1) is 0 Å². The predicted molar refractivity (Wildman–Crippen MR) is 91.5 cm³/mol. The van der Waals surface area contributed by atoms with Crippen LogP contribution in [-0.2, 0) is 21.3 Å². The van der Waals surface area contributed by atoms with E-state index in [0.717, 1.165) is 12.1 Å². The van der Waals surface area contributed by atoms with Crippen molar-refractivity contribution >= 4 is 17.8 Å². The minimum atomic E-state index is -4.69. The third-order valence-corrected chi connectivity index (χ3v) is 4.74. The molecule has 1 aliphatic heterocycles. The Morgan fingerprint density at radius 3 is 2.37 bits per heavy atom. The summed E-state index contributed by atoms with van der Waals surface area (Å²) in [5, 5.41) is 4.96. The average molecular weight is 385 g/mol. The minimum absolute atomic E-state index is 0.140. The van der Waals surface area contributed by atoms with Crippen molar-refractivity contribution in [3.05, 3.63) is 35.4 Å². The zero-order valence-electron chi connectivity index (χ0n) is 15.5. The molecule has 0 unspecified atom stereocenters. The Morgan fingerprint density at radius 1 is 1.22 bits per heavy atom. The second kappa shape index (κ2) is 7.21. The molecule has 1 aromatic carbocycles. The minimum Gasteiger partial charge on any atom is -0.352 e. The Labute approximate surface area is 155 Å². The van der Waals surface area contributed by atoms with Crippen molar-refractivity contribution in [1.82, 2.24) is 15.5 Å². The first-order valence-corrected chi connectivity index (χ1v) is 8.48. The number of amides is 4. The van der Waals surface area contributed by atoms with E-state index in [1.165, 1.54) is 19.1 Å². The van der Waals surface area contributed by atoms with E-state index in [1.54, 1.807) is 6.92 Å². The number of nitrogens with zero attached hydrogens (tertiary/aromatic N) is 1. The fraction of sp³-hybridized carbons (Fsp3) is 0.500. The smallest absolute Gasteiger partial charge is 0.352 e. The second-order valence-electron chi connectivity index (χ2n) is 7.09. The molecule has 0 saturated carbocycles. The summed E-state index contributed by atoms with van der Waals surface area (Å²) in [6, 6.07) is 3.46. The summed E-state index contributed by atoms with van der Waals surface area (Å²) in [7, 11) is 0. The van der Waals surface area contributed by atoms with Crippen LogP contribution < -0.4 is 10.6 Å². The SMILES string of the molecule is CC(C)[C@@H](C)NC(=O)CN1C(=O)N[C@](C)(c2ccccc2C(F)(F)F)C1=O. The number of halogens is 3. The van der Waals surface area contributed by atoms with Crippen molar-refractivity contribution in [2.45, 2.75) is 45.5 Å². The van der Waals surface area contributed by atoms with Crippen molar-refractivity contribution in [3.8, 4) is 0 Å². The average Bonchev–Trinajstić information content (AvgIpc) is 2.78. The first-order chi connectivity index (χ1) is 12.4. The Balaban J connectivity index is 2.29. The number of nitrogens with one attached hydrogen (secondary N) is 2. The van der Waals surface area contributed by atoms with E-state index in [-0.39, 0.29) is 17.5 Å². The molecule has 2 atom stereocenters.